The molecule has 0 radical (unpaired) electrons. The molecule has 1 aromatic rings. The van der Waals surface area contributed by atoms with Gasteiger partial charge in [0, 0.05) is 25.4 Å². The maximum absolute atomic E-state index is 12.8. The topological polar surface area (TPSA) is 38.1 Å². The maximum Gasteiger partial charge on any atom is 0.319 e. The molecule has 3 unspecified atom stereocenters. The minimum absolute atomic E-state index is 0.0843. The van der Waals surface area contributed by atoms with Gasteiger partial charge in [0.25, 0.3) is 0 Å². The summed E-state index contributed by atoms with van der Waals surface area (Å²) in [5, 5.41) is 0. The molecule has 3 rings (SSSR count). The standard InChI is InChI=1S/C14H19F2N3O/c1-18(8-12-17-4-5-19(12)14(15)16)13(20)11-7-9-2-3-10(11)6-9/h4-5,9-11,14H,2-3,6-8H2,1H3. The van der Waals surface area contributed by atoms with E-state index < -0.39 is 6.55 Å². The van der Waals surface area contributed by atoms with E-state index in [9.17, 15) is 13.6 Å². The summed E-state index contributed by atoms with van der Waals surface area (Å²) in [7, 11) is 1.68. The first kappa shape index (κ1) is 13.5. The van der Waals surface area contributed by atoms with Crippen LogP contribution in [0.5, 0.6) is 0 Å². The number of hydrogen-bond acceptors (Lipinski definition) is 2. The fraction of sp³-hybridized carbons (Fsp3) is 0.714. The first-order valence-corrected chi connectivity index (χ1v) is 7.11. The summed E-state index contributed by atoms with van der Waals surface area (Å²) in [5.41, 5.74) is 0. The van der Waals surface area contributed by atoms with Gasteiger partial charge >= 0.3 is 6.55 Å². The zero-order valence-electron chi connectivity index (χ0n) is 11.5. The molecule has 0 spiro atoms. The zero-order chi connectivity index (χ0) is 14.3. The van der Waals surface area contributed by atoms with Crippen molar-refractivity contribution < 1.29 is 13.6 Å². The maximum atomic E-state index is 12.8. The van der Waals surface area contributed by atoms with E-state index in [0.717, 1.165) is 23.8 Å². The highest BCUT2D eigenvalue weighted by Crippen LogP contribution is 2.48. The fourth-order valence-corrected chi connectivity index (χ4v) is 3.76. The van der Waals surface area contributed by atoms with Crippen LogP contribution in [-0.2, 0) is 11.3 Å². The number of halogens is 2. The van der Waals surface area contributed by atoms with Gasteiger partial charge in [0.1, 0.15) is 5.82 Å². The number of rotatable bonds is 4. The van der Waals surface area contributed by atoms with Crippen LogP contribution in [0.4, 0.5) is 8.78 Å². The quantitative estimate of drug-likeness (QED) is 0.852. The Morgan fingerprint density at radius 3 is 2.90 bits per heavy atom. The molecule has 2 aliphatic carbocycles. The van der Waals surface area contributed by atoms with Crippen LogP contribution < -0.4 is 0 Å². The van der Waals surface area contributed by atoms with Gasteiger partial charge in [-0.2, -0.15) is 8.78 Å². The highest BCUT2D eigenvalue weighted by molar-refractivity contribution is 5.79. The number of fused-ring (bicyclic) bond motifs is 2. The van der Waals surface area contributed by atoms with E-state index in [-0.39, 0.29) is 24.2 Å². The van der Waals surface area contributed by atoms with E-state index in [4.69, 9.17) is 0 Å². The molecule has 1 amide bonds. The molecule has 2 aliphatic rings. The molecule has 110 valence electrons. The molecule has 6 heteroatoms. The number of nitrogens with zero attached hydrogens (tertiary/aromatic N) is 3. The summed E-state index contributed by atoms with van der Waals surface area (Å²) in [6, 6.07) is 0. The second kappa shape index (κ2) is 5.14. The van der Waals surface area contributed by atoms with Crippen LogP contribution in [0.2, 0.25) is 0 Å². The van der Waals surface area contributed by atoms with Crippen molar-refractivity contribution in [2.45, 2.75) is 38.8 Å². The van der Waals surface area contributed by atoms with Crippen LogP contribution in [0.25, 0.3) is 0 Å². The molecule has 0 aliphatic heterocycles. The molecule has 0 N–H and O–H groups in total. The van der Waals surface area contributed by atoms with Gasteiger partial charge in [-0.1, -0.05) is 6.42 Å². The Hall–Kier alpha value is -1.46. The molecular formula is C14H19F2N3O. The Bertz CT molecular complexity index is 502. The Balaban J connectivity index is 1.65. The number of alkyl halides is 2. The van der Waals surface area contributed by atoms with Crippen LogP contribution in [0.3, 0.4) is 0 Å². The van der Waals surface area contributed by atoms with Gasteiger partial charge < -0.3 is 4.90 Å². The zero-order valence-corrected chi connectivity index (χ0v) is 11.5. The molecule has 2 fully saturated rings. The van der Waals surface area contributed by atoms with Crippen molar-refractivity contribution in [2.75, 3.05) is 7.05 Å². The van der Waals surface area contributed by atoms with Crippen LogP contribution >= 0.6 is 0 Å². The van der Waals surface area contributed by atoms with Crippen molar-refractivity contribution in [2.24, 2.45) is 17.8 Å². The summed E-state index contributed by atoms with van der Waals surface area (Å²) >= 11 is 0. The Morgan fingerprint density at radius 1 is 1.50 bits per heavy atom. The smallest absolute Gasteiger partial charge is 0.319 e. The molecule has 0 saturated heterocycles. The fourth-order valence-electron chi connectivity index (χ4n) is 3.76. The average Bonchev–Trinajstić information content (AvgIpc) is 3.12. The second-order valence-electron chi connectivity index (χ2n) is 6.00. The summed E-state index contributed by atoms with van der Waals surface area (Å²) in [5.74, 6) is 1.61. The van der Waals surface area contributed by atoms with Gasteiger partial charge in [0.05, 0.1) is 6.54 Å². The normalized spacial score (nSPS) is 28.3. The highest BCUT2D eigenvalue weighted by Gasteiger charge is 2.43. The second-order valence-corrected chi connectivity index (χ2v) is 6.00. The molecule has 1 heterocycles. The number of aromatic nitrogens is 2. The van der Waals surface area contributed by atoms with E-state index in [1.54, 1.807) is 11.9 Å². The number of carbonyl (C=O) groups excluding carboxylic acids is 1. The average molecular weight is 283 g/mol. The van der Waals surface area contributed by atoms with Gasteiger partial charge in [0.2, 0.25) is 5.91 Å². The lowest BCUT2D eigenvalue weighted by Gasteiger charge is -2.26. The van der Waals surface area contributed by atoms with Gasteiger partial charge in [-0.05, 0) is 31.1 Å². The molecular weight excluding hydrogens is 264 g/mol. The van der Waals surface area contributed by atoms with E-state index in [1.807, 2.05) is 0 Å². The van der Waals surface area contributed by atoms with Crippen molar-refractivity contribution in [3.8, 4) is 0 Å². The van der Waals surface area contributed by atoms with Gasteiger partial charge in [-0.15, -0.1) is 0 Å². The summed E-state index contributed by atoms with van der Waals surface area (Å²) < 4.78 is 26.3. The molecule has 4 nitrogen and oxygen atoms in total. The molecule has 20 heavy (non-hydrogen) atoms. The van der Waals surface area contributed by atoms with Gasteiger partial charge in [0.15, 0.2) is 0 Å². The Labute approximate surface area is 116 Å². The summed E-state index contributed by atoms with van der Waals surface area (Å²) in [6.45, 7) is -2.47. The monoisotopic (exact) mass is 283 g/mol. The third-order valence-corrected chi connectivity index (χ3v) is 4.77. The molecule has 1 aromatic heterocycles. The highest BCUT2D eigenvalue weighted by atomic mass is 19.3. The van der Waals surface area contributed by atoms with Crippen molar-refractivity contribution in [1.29, 1.82) is 0 Å². The number of amides is 1. The Morgan fingerprint density at radius 2 is 2.30 bits per heavy atom. The number of imidazole rings is 1. The molecule has 0 aromatic carbocycles. The largest absolute Gasteiger partial charge is 0.338 e. The van der Waals surface area contributed by atoms with Crippen LogP contribution in [0.1, 0.15) is 38.1 Å². The van der Waals surface area contributed by atoms with Crippen LogP contribution in [0, 0.1) is 17.8 Å². The van der Waals surface area contributed by atoms with Crippen molar-refractivity contribution in [1.82, 2.24) is 14.5 Å². The molecule has 3 atom stereocenters. The molecule has 2 bridgehead atoms. The van der Waals surface area contributed by atoms with E-state index >= 15 is 0 Å². The summed E-state index contributed by atoms with van der Waals surface area (Å²) in [4.78, 5) is 17.9. The lowest BCUT2D eigenvalue weighted by molar-refractivity contribution is -0.136. The van der Waals surface area contributed by atoms with E-state index in [1.165, 1.54) is 18.8 Å². The van der Waals surface area contributed by atoms with E-state index in [0.29, 0.717) is 11.8 Å². The first-order valence-electron chi connectivity index (χ1n) is 7.11. The molecule has 2 saturated carbocycles. The van der Waals surface area contributed by atoms with E-state index in [2.05, 4.69) is 4.98 Å². The predicted molar refractivity (Wildman–Crippen MR) is 68.9 cm³/mol. The van der Waals surface area contributed by atoms with Crippen molar-refractivity contribution in [3.05, 3.63) is 18.2 Å². The van der Waals surface area contributed by atoms with Crippen molar-refractivity contribution in [3.63, 3.8) is 0 Å². The minimum atomic E-state index is -2.61. The number of carbonyl (C=O) groups is 1. The third kappa shape index (κ3) is 2.31. The van der Waals surface area contributed by atoms with Crippen molar-refractivity contribution >= 4 is 5.91 Å². The third-order valence-electron chi connectivity index (χ3n) is 4.77. The van der Waals surface area contributed by atoms with Gasteiger partial charge in [-0.25, -0.2) is 4.98 Å². The summed E-state index contributed by atoms with van der Waals surface area (Å²) in [6.07, 6.45) is 7.11. The number of hydrogen-bond donors (Lipinski definition) is 0. The first-order chi connectivity index (χ1) is 9.56. The predicted octanol–water partition coefficient (Wildman–Crippen LogP) is 2.67. The minimum Gasteiger partial charge on any atom is -0.338 e. The lowest BCUT2D eigenvalue weighted by Crippen LogP contribution is -2.35. The SMILES string of the molecule is CN(Cc1nccn1C(F)F)C(=O)C1CC2CCC1C2. The Kier molecular flexibility index (Phi) is 3.48. The van der Waals surface area contributed by atoms with Crippen LogP contribution in [-0.4, -0.2) is 27.4 Å². The van der Waals surface area contributed by atoms with Crippen LogP contribution in [0.15, 0.2) is 12.4 Å². The van der Waals surface area contributed by atoms with Gasteiger partial charge in [-0.3, -0.25) is 9.36 Å². The lowest BCUT2D eigenvalue weighted by atomic mass is 9.88.